The van der Waals surface area contributed by atoms with Crippen molar-refractivity contribution in [2.45, 2.75) is 39.7 Å². The van der Waals surface area contributed by atoms with Crippen LogP contribution >= 0.6 is 0 Å². The Kier molecular flexibility index (Phi) is 6.47. The smallest absolute Gasteiger partial charge is 0.227 e. The Morgan fingerprint density at radius 1 is 1.26 bits per heavy atom. The van der Waals surface area contributed by atoms with Gasteiger partial charge in [-0.2, -0.15) is 0 Å². The molecule has 6 nitrogen and oxygen atoms in total. The SMILES string of the molecule is CCNC(=O)[C@]1(Cc2cc(-c3ccc(C)cc3)no2)CCCN(Cc2cccnc2)C1. The summed E-state index contributed by atoms with van der Waals surface area (Å²) in [4.78, 5) is 19.8. The Morgan fingerprint density at radius 3 is 2.84 bits per heavy atom. The number of likely N-dealkylation sites (tertiary alicyclic amines) is 1. The zero-order valence-corrected chi connectivity index (χ0v) is 18.3. The maximum absolute atomic E-state index is 13.2. The number of aryl methyl sites for hydroxylation is 1. The Labute approximate surface area is 183 Å². The van der Waals surface area contributed by atoms with Crippen LogP contribution in [0.5, 0.6) is 0 Å². The van der Waals surface area contributed by atoms with Crippen molar-refractivity contribution < 1.29 is 9.32 Å². The second-order valence-corrected chi connectivity index (χ2v) is 8.54. The zero-order chi connectivity index (χ0) is 21.7. The highest BCUT2D eigenvalue weighted by molar-refractivity contribution is 5.83. The first kappa shape index (κ1) is 21.2. The second-order valence-electron chi connectivity index (χ2n) is 8.54. The number of rotatable bonds is 7. The average Bonchev–Trinajstić information content (AvgIpc) is 3.23. The fourth-order valence-corrected chi connectivity index (χ4v) is 4.46. The lowest BCUT2D eigenvalue weighted by Crippen LogP contribution is -2.52. The highest BCUT2D eigenvalue weighted by Crippen LogP contribution is 2.36. The topological polar surface area (TPSA) is 71.3 Å². The van der Waals surface area contributed by atoms with Crippen LogP contribution in [0.4, 0.5) is 0 Å². The largest absolute Gasteiger partial charge is 0.361 e. The third-order valence-corrected chi connectivity index (χ3v) is 6.02. The summed E-state index contributed by atoms with van der Waals surface area (Å²) >= 11 is 0. The first-order valence-electron chi connectivity index (χ1n) is 11.0. The molecule has 4 rings (SSSR count). The molecule has 1 amide bonds. The summed E-state index contributed by atoms with van der Waals surface area (Å²) in [7, 11) is 0. The lowest BCUT2D eigenvalue weighted by molar-refractivity contribution is -0.134. The van der Waals surface area contributed by atoms with Crippen molar-refractivity contribution >= 4 is 5.91 Å². The summed E-state index contributed by atoms with van der Waals surface area (Å²) < 4.78 is 5.70. The van der Waals surface area contributed by atoms with E-state index in [1.807, 2.05) is 37.4 Å². The Morgan fingerprint density at radius 2 is 2.10 bits per heavy atom. The number of nitrogens with zero attached hydrogens (tertiary/aromatic N) is 3. The van der Waals surface area contributed by atoms with Gasteiger partial charge in [0.25, 0.3) is 0 Å². The van der Waals surface area contributed by atoms with E-state index in [0.29, 0.717) is 19.5 Å². The number of hydrogen-bond donors (Lipinski definition) is 1. The molecule has 3 aromatic rings. The molecule has 0 bridgehead atoms. The molecule has 0 radical (unpaired) electrons. The van der Waals surface area contributed by atoms with Crippen molar-refractivity contribution in [1.29, 1.82) is 0 Å². The lowest BCUT2D eigenvalue weighted by Gasteiger charge is -2.41. The van der Waals surface area contributed by atoms with E-state index in [0.717, 1.165) is 48.5 Å². The number of amides is 1. The van der Waals surface area contributed by atoms with Crippen LogP contribution in [0.25, 0.3) is 11.3 Å². The number of nitrogens with one attached hydrogen (secondary N) is 1. The molecule has 162 valence electrons. The second kappa shape index (κ2) is 9.43. The van der Waals surface area contributed by atoms with Crippen molar-refractivity contribution in [3.8, 4) is 11.3 Å². The van der Waals surface area contributed by atoms with E-state index in [2.05, 4.69) is 45.5 Å². The van der Waals surface area contributed by atoms with Gasteiger partial charge in [-0.15, -0.1) is 0 Å². The minimum Gasteiger partial charge on any atom is -0.361 e. The molecule has 2 aromatic heterocycles. The number of piperidine rings is 1. The van der Waals surface area contributed by atoms with Gasteiger partial charge in [0.1, 0.15) is 11.5 Å². The Bertz CT molecular complexity index is 1000. The number of carbonyl (C=O) groups excluding carboxylic acids is 1. The van der Waals surface area contributed by atoms with Gasteiger partial charge in [0.2, 0.25) is 5.91 Å². The molecule has 0 saturated carbocycles. The molecule has 6 heteroatoms. The van der Waals surface area contributed by atoms with Crippen LogP contribution in [0.15, 0.2) is 59.4 Å². The minimum atomic E-state index is -0.527. The molecular formula is C25H30N4O2. The third-order valence-electron chi connectivity index (χ3n) is 6.02. The highest BCUT2D eigenvalue weighted by Gasteiger charge is 2.43. The molecule has 1 fully saturated rings. The molecule has 0 spiro atoms. The molecule has 3 heterocycles. The molecule has 1 aliphatic heterocycles. The monoisotopic (exact) mass is 418 g/mol. The van der Waals surface area contributed by atoms with E-state index in [4.69, 9.17) is 4.52 Å². The Balaban J connectivity index is 1.55. The summed E-state index contributed by atoms with van der Waals surface area (Å²) in [5, 5.41) is 7.34. The van der Waals surface area contributed by atoms with Crippen LogP contribution in [0.1, 0.15) is 36.7 Å². The van der Waals surface area contributed by atoms with Crippen molar-refractivity contribution in [1.82, 2.24) is 20.4 Å². The molecule has 0 unspecified atom stereocenters. The van der Waals surface area contributed by atoms with Gasteiger partial charge in [-0.3, -0.25) is 14.7 Å². The summed E-state index contributed by atoms with van der Waals surface area (Å²) in [5.74, 6) is 0.851. The fraction of sp³-hybridized carbons (Fsp3) is 0.400. The lowest BCUT2D eigenvalue weighted by atomic mass is 9.75. The summed E-state index contributed by atoms with van der Waals surface area (Å²) in [5.41, 5.74) is 3.67. The van der Waals surface area contributed by atoms with Crippen LogP contribution in [0.3, 0.4) is 0 Å². The summed E-state index contributed by atoms with van der Waals surface area (Å²) in [6.45, 7) is 7.10. The van der Waals surface area contributed by atoms with E-state index in [-0.39, 0.29) is 5.91 Å². The normalized spacial score (nSPS) is 19.3. The van der Waals surface area contributed by atoms with Gasteiger partial charge >= 0.3 is 0 Å². The van der Waals surface area contributed by atoms with E-state index in [1.165, 1.54) is 5.56 Å². The maximum Gasteiger partial charge on any atom is 0.227 e. The number of benzene rings is 1. The number of pyridine rings is 1. The molecule has 1 aromatic carbocycles. The maximum atomic E-state index is 13.2. The van der Waals surface area contributed by atoms with Gasteiger partial charge in [0, 0.05) is 50.1 Å². The van der Waals surface area contributed by atoms with Crippen LogP contribution < -0.4 is 5.32 Å². The predicted molar refractivity (Wildman–Crippen MR) is 120 cm³/mol. The fourth-order valence-electron chi connectivity index (χ4n) is 4.46. The van der Waals surface area contributed by atoms with Gasteiger partial charge in [-0.1, -0.05) is 41.1 Å². The summed E-state index contributed by atoms with van der Waals surface area (Å²) in [6, 6.07) is 14.2. The van der Waals surface area contributed by atoms with Gasteiger partial charge in [0.15, 0.2) is 0 Å². The van der Waals surface area contributed by atoms with Gasteiger partial charge in [-0.25, -0.2) is 0 Å². The third kappa shape index (κ3) is 5.02. The Hall–Kier alpha value is -2.99. The van der Waals surface area contributed by atoms with E-state index in [1.54, 1.807) is 6.20 Å². The van der Waals surface area contributed by atoms with Gasteiger partial charge in [-0.05, 0) is 44.9 Å². The molecule has 1 N–H and O–H groups in total. The number of carbonyl (C=O) groups is 1. The molecular weight excluding hydrogens is 388 g/mol. The van der Waals surface area contributed by atoms with Crippen LogP contribution in [-0.2, 0) is 17.8 Å². The van der Waals surface area contributed by atoms with Crippen molar-refractivity contribution in [2.24, 2.45) is 5.41 Å². The molecule has 1 saturated heterocycles. The van der Waals surface area contributed by atoms with E-state index in [9.17, 15) is 4.79 Å². The molecule has 31 heavy (non-hydrogen) atoms. The van der Waals surface area contributed by atoms with Crippen molar-refractivity contribution in [3.05, 3.63) is 71.7 Å². The van der Waals surface area contributed by atoms with Crippen molar-refractivity contribution in [2.75, 3.05) is 19.6 Å². The number of hydrogen-bond acceptors (Lipinski definition) is 5. The van der Waals surface area contributed by atoms with Gasteiger partial charge in [0.05, 0.1) is 5.41 Å². The van der Waals surface area contributed by atoms with Crippen LogP contribution in [-0.4, -0.2) is 40.6 Å². The molecule has 0 aliphatic carbocycles. The van der Waals surface area contributed by atoms with Crippen molar-refractivity contribution in [3.63, 3.8) is 0 Å². The molecule has 1 aliphatic rings. The van der Waals surface area contributed by atoms with E-state index >= 15 is 0 Å². The standard InChI is InChI=1S/C25H30N4O2/c1-3-27-24(30)25(11-5-13-29(18-25)17-20-6-4-12-26-16-20)15-22-14-23(28-31-22)21-9-7-19(2)8-10-21/h4,6-10,12,14,16H,3,5,11,13,15,17-18H2,1-2H3,(H,27,30)/t25-/m0/s1. The highest BCUT2D eigenvalue weighted by atomic mass is 16.5. The minimum absolute atomic E-state index is 0.0965. The average molecular weight is 419 g/mol. The predicted octanol–water partition coefficient (Wildman–Crippen LogP) is 4.01. The van der Waals surface area contributed by atoms with E-state index < -0.39 is 5.41 Å². The summed E-state index contributed by atoms with van der Waals surface area (Å²) in [6.07, 6.45) is 6.03. The first-order chi connectivity index (χ1) is 15.1. The zero-order valence-electron chi connectivity index (χ0n) is 18.3. The number of aromatic nitrogens is 2. The first-order valence-corrected chi connectivity index (χ1v) is 11.0. The quantitative estimate of drug-likeness (QED) is 0.628. The molecule has 1 atom stereocenters. The van der Waals surface area contributed by atoms with Crippen LogP contribution in [0, 0.1) is 12.3 Å². The van der Waals surface area contributed by atoms with Crippen LogP contribution in [0.2, 0.25) is 0 Å². The van der Waals surface area contributed by atoms with Gasteiger partial charge < -0.3 is 9.84 Å².